The van der Waals surface area contributed by atoms with Crippen molar-refractivity contribution in [1.82, 2.24) is 10.9 Å². The summed E-state index contributed by atoms with van der Waals surface area (Å²) in [5, 5.41) is 11.4. The Morgan fingerprint density at radius 1 is 1.22 bits per heavy atom. The van der Waals surface area contributed by atoms with Gasteiger partial charge in [-0.15, -0.1) is 0 Å². The van der Waals surface area contributed by atoms with Crippen molar-refractivity contribution < 1.29 is 19.4 Å². The number of amides is 2. The summed E-state index contributed by atoms with van der Waals surface area (Å²) in [4.78, 5) is 22.6. The number of hydrogen-bond acceptors (Lipinski definition) is 4. The number of carboxylic acid groups (broad SMARTS) is 1. The van der Waals surface area contributed by atoms with Crippen LogP contribution in [0.5, 0.6) is 0 Å². The second-order valence-electron chi connectivity index (χ2n) is 7.14. The molecule has 1 aliphatic carbocycles. The molecule has 27 heavy (non-hydrogen) atoms. The molecule has 0 spiro atoms. The Morgan fingerprint density at radius 2 is 2.04 bits per heavy atom. The van der Waals surface area contributed by atoms with Crippen molar-refractivity contribution in [1.29, 1.82) is 0 Å². The maximum absolute atomic E-state index is 12.1. The summed E-state index contributed by atoms with van der Waals surface area (Å²) in [7, 11) is 0. The molecular formula is C20H27N3O4. The maximum Gasteiger partial charge on any atom is 0.333 e. The monoisotopic (exact) mass is 373 g/mol. The average molecular weight is 373 g/mol. The zero-order valence-corrected chi connectivity index (χ0v) is 15.3. The van der Waals surface area contributed by atoms with Gasteiger partial charge in [-0.05, 0) is 49.7 Å². The first kappa shape index (κ1) is 19.4. The van der Waals surface area contributed by atoms with Gasteiger partial charge >= 0.3 is 12.0 Å². The van der Waals surface area contributed by atoms with Crippen LogP contribution in [0.2, 0.25) is 0 Å². The molecule has 4 atom stereocenters. The highest BCUT2D eigenvalue weighted by molar-refractivity contribution is 5.88. The standard InChI is InChI=1S/C20H27N3O4/c24-18(25)11-7-2-1-6-10-16-14-12-17(27-13-14)19(16)22-23-20(26)21-15-8-4-3-5-9-15/h1,3-6,8-9,14,16-17,19,22H,2,7,10-13H2,(H,24,25)(H2,21,23,26)/b6-1-/t14-,16-,17+,19+/m0/s1. The third kappa shape index (κ3) is 5.55. The molecule has 7 heteroatoms. The molecule has 0 aromatic heterocycles. The summed E-state index contributed by atoms with van der Waals surface area (Å²) in [5.74, 6) is 0.143. The topological polar surface area (TPSA) is 99.7 Å². The summed E-state index contributed by atoms with van der Waals surface area (Å²) in [6.45, 7) is 0.774. The average Bonchev–Trinajstić information content (AvgIpc) is 3.25. The van der Waals surface area contributed by atoms with Gasteiger partial charge in [0, 0.05) is 12.1 Å². The van der Waals surface area contributed by atoms with E-state index in [0.717, 1.165) is 31.6 Å². The lowest BCUT2D eigenvalue weighted by Crippen LogP contribution is -2.53. The molecule has 1 aromatic rings. The van der Waals surface area contributed by atoms with E-state index in [1.165, 1.54) is 0 Å². The number of aliphatic carboxylic acids is 1. The van der Waals surface area contributed by atoms with Crippen LogP contribution in [0.4, 0.5) is 10.5 Å². The summed E-state index contributed by atoms with van der Waals surface area (Å²) in [6, 6.07) is 9.07. The van der Waals surface area contributed by atoms with Crippen LogP contribution in [-0.4, -0.2) is 35.9 Å². The SMILES string of the molecule is O=C(O)CCC/C=C\C[C@H]1[C@@H]2CO[C@H](C2)[C@@H]1NNC(=O)Nc1ccccc1. The minimum absolute atomic E-state index is 0.0777. The van der Waals surface area contributed by atoms with Crippen LogP contribution in [0.1, 0.15) is 32.1 Å². The minimum atomic E-state index is -0.752. The van der Waals surface area contributed by atoms with Crippen molar-refractivity contribution in [3.63, 3.8) is 0 Å². The van der Waals surface area contributed by atoms with E-state index in [1.807, 2.05) is 30.3 Å². The van der Waals surface area contributed by atoms with Gasteiger partial charge in [-0.1, -0.05) is 30.4 Å². The number of carbonyl (C=O) groups is 2. The van der Waals surface area contributed by atoms with E-state index < -0.39 is 5.97 Å². The maximum atomic E-state index is 12.1. The van der Waals surface area contributed by atoms with E-state index >= 15 is 0 Å². The molecule has 7 nitrogen and oxygen atoms in total. The molecule has 1 aromatic carbocycles. The van der Waals surface area contributed by atoms with Crippen molar-refractivity contribution >= 4 is 17.7 Å². The lowest BCUT2D eigenvalue weighted by Gasteiger charge is -2.31. The molecule has 2 aliphatic rings. The zero-order valence-electron chi connectivity index (χ0n) is 15.3. The smallest absolute Gasteiger partial charge is 0.333 e. The number of hydrogen-bond donors (Lipinski definition) is 4. The molecule has 3 rings (SSSR count). The van der Waals surface area contributed by atoms with E-state index in [9.17, 15) is 9.59 Å². The number of allylic oxidation sites excluding steroid dienone is 2. The Labute approximate surface area is 159 Å². The first-order chi connectivity index (χ1) is 13.1. The minimum Gasteiger partial charge on any atom is -0.481 e. The highest BCUT2D eigenvalue weighted by atomic mass is 16.5. The second kappa shape index (κ2) is 9.53. The van der Waals surface area contributed by atoms with Crippen molar-refractivity contribution in [2.45, 2.75) is 44.2 Å². The molecule has 4 N–H and O–H groups in total. The fourth-order valence-corrected chi connectivity index (χ4v) is 3.91. The lowest BCUT2D eigenvalue weighted by molar-refractivity contribution is -0.137. The predicted molar refractivity (Wildman–Crippen MR) is 102 cm³/mol. The fraction of sp³-hybridized carbons (Fsp3) is 0.500. The van der Waals surface area contributed by atoms with Crippen molar-refractivity contribution in [2.24, 2.45) is 11.8 Å². The Bertz CT molecular complexity index is 664. The molecule has 2 fully saturated rings. The fourth-order valence-electron chi connectivity index (χ4n) is 3.91. The van der Waals surface area contributed by atoms with E-state index in [-0.39, 0.29) is 24.6 Å². The van der Waals surface area contributed by atoms with Crippen LogP contribution in [0.15, 0.2) is 42.5 Å². The number of carbonyl (C=O) groups excluding carboxylic acids is 1. The third-order valence-corrected chi connectivity index (χ3v) is 5.25. The number of unbranched alkanes of at least 4 members (excludes halogenated alkanes) is 1. The molecule has 1 saturated heterocycles. The second-order valence-corrected chi connectivity index (χ2v) is 7.14. The number of nitrogens with one attached hydrogen (secondary N) is 3. The zero-order chi connectivity index (χ0) is 19.1. The van der Waals surface area contributed by atoms with Gasteiger partial charge in [-0.2, -0.15) is 0 Å². The van der Waals surface area contributed by atoms with Crippen molar-refractivity contribution in [3.05, 3.63) is 42.5 Å². The van der Waals surface area contributed by atoms with Crippen molar-refractivity contribution in [3.8, 4) is 0 Å². The molecule has 1 saturated carbocycles. The number of benzene rings is 1. The highest BCUT2D eigenvalue weighted by Crippen LogP contribution is 2.42. The summed E-state index contributed by atoms with van der Waals surface area (Å²) in [6.07, 6.45) is 7.87. The normalized spacial score (nSPS) is 26.4. The number of urea groups is 1. The van der Waals surface area contributed by atoms with Gasteiger partial charge < -0.3 is 15.2 Å². The Hall–Kier alpha value is -2.38. The molecule has 146 valence electrons. The Balaban J connectivity index is 1.44. The van der Waals surface area contributed by atoms with Gasteiger partial charge in [-0.3, -0.25) is 10.2 Å². The molecule has 2 bridgehead atoms. The first-order valence-corrected chi connectivity index (χ1v) is 9.49. The number of rotatable bonds is 9. The number of hydrazine groups is 1. The van der Waals surface area contributed by atoms with Crippen LogP contribution in [0.3, 0.4) is 0 Å². The van der Waals surface area contributed by atoms with Crippen LogP contribution in [0, 0.1) is 11.8 Å². The number of ether oxygens (including phenoxy) is 1. The number of anilines is 1. The van der Waals surface area contributed by atoms with E-state index in [1.54, 1.807) is 0 Å². The number of fused-ring (bicyclic) bond motifs is 2. The summed E-state index contributed by atoms with van der Waals surface area (Å²) < 4.78 is 5.79. The number of carboxylic acids is 1. The van der Waals surface area contributed by atoms with E-state index in [4.69, 9.17) is 9.84 Å². The highest BCUT2D eigenvalue weighted by Gasteiger charge is 2.48. The molecule has 1 aliphatic heterocycles. The van der Waals surface area contributed by atoms with Crippen LogP contribution in [-0.2, 0) is 9.53 Å². The third-order valence-electron chi connectivity index (χ3n) is 5.25. The largest absolute Gasteiger partial charge is 0.481 e. The van der Waals surface area contributed by atoms with Gasteiger partial charge in [0.2, 0.25) is 0 Å². The lowest BCUT2D eigenvalue weighted by atomic mass is 9.90. The molecule has 2 amide bonds. The van der Waals surface area contributed by atoms with Gasteiger partial charge in [0.15, 0.2) is 0 Å². The Kier molecular flexibility index (Phi) is 6.84. The van der Waals surface area contributed by atoms with Gasteiger partial charge in [0.1, 0.15) is 0 Å². The molecule has 0 unspecified atom stereocenters. The molecule has 1 heterocycles. The van der Waals surface area contributed by atoms with Crippen molar-refractivity contribution in [2.75, 3.05) is 11.9 Å². The van der Waals surface area contributed by atoms with Crippen LogP contribution >= 0.6 is 0 Å². The Morgan fingerprint density at radius 3 is 2.81 bits per heavy atom. The summed E-state index contributed by atoms with van der Waals surface area (Å²) in [5.41, 5.74) is 6.63. The molecular weight excluding hydrogens is 346 g/mol. The van der Waals surface area contributed by atoms with Crippen LogP contribution in [0.25, 0.3) is 0 Å². The van der Waals surface area contributed by atoms with Gasteiger partial charge in [-0.25, -0.2) is 10.2 Å². The predicted octanol–water partition coefficient (Wildman–Crippen LogP) is 2.92. The van der Waals surface area contributed by atoms with Gasteiger partial charge in [0.05, 0.1) is 18.8 Å². The van der Waals surface area contributed by atoms with E-state index in [0.29, 0.717) is 18.3 Å². The summed E-state index contributed by atoms with van der Waals surface area (Å²) >= 11 is 0. The molecule has 0 radical (unpaired) electrons. The number of para-hydroxylation sites is 1. The van der Waals surface area contributed by atoms with Crippen LogP contribution < -0.4 is 16.2 Å². The first-order valence-electron chi connectivity index (χ1n) is 9.49. The van der Waals surface area contributed by atoms with E-state index in [2.05, 4.69) is 28.3 Å². The van der Waals surface area contributed by atoms with Gasteiger partial charge in [0.25, 0.3) is 0 Å². The quantitative estimate of drug-likeness (QED) is 0.303.